The minimum absolute atomic E-state index is 0.110. The smallest absolute Gasteiger partial charge is 0.227 e. The Morgan fingerprint density at radius 3 is 2.86 bits per heavy atom. The average molecular weight is 386 g/mol. The van der Waals surface area contributed by atoms with Gasteiger partial charge in [-0.3, -0.25) is 9.59 Å². The summed E-state index contributed by atoms with van der Waals surface area (Å²) in [6, 6.07) is 3.92. The molecule has 4 heterocycles. The number of carbonyl (C=O) groups excluding carboxylic acids is 2. The normalized spacial score (nSPS) is 20.8. The summed E-state index contributed by atoms with van der Waals surface area (Å²) >= 11 is 0. The lowest BCUT2D eigenvalue weighted by Gasteiger charge is -2.39. The minimum Gasteiger partial charge on any atom is -0.383 e. The van der Waals surface area contributed by atoms with Gasteiger partial charge < -0.3 is 19.4 Å². The number of anilines is 1. The van der Waals surface area contributed by atoms with Gasteiger partial charge in [0.2, 0.25) is 11.8 Å². The molecular weight excluding hydrogens is 360 g/mol. The molecule has 0 bridgehead atoms. The largest absolute Gasteiger partial charge is 0.383 e. The summed E-state index contributed by atoms with van der Waals surface area (Å²) in [5.74, 6) is 1.06. The van der Waals surface area contributed by atoms with Gasteiger partial charge in [0.1, 0.15) is 5.82 Å². The number of carbonyl (C=O) groups is 2. The van der Waals surface area contributed by atoms with Crippen molar-refractivity contribution in [3.63, 3.8) is 0 Å². The maximum absolute atomic E-state index is 13.0. The number of piperidine rings is 1. The first-order valence-electron chi connectivity index (χ1n) is 9.76. The van der Waals surface area contributed by atoms with Gasteiger partial charge in [0.15, 0.2) is 5.65 Å². The Morgan fingerprint density at radius 2 is 2.07 bits per heavy atom. The Bertz CT molecular complexity index is 845. The van der Waals surface area contributed by atoms with Crippen LogP contribution in [-0.4, -0.2) is 89.2 Å². The van der Waals surface area contributed by atoms with E-state index in [1.165, 1.54) is 0 Å². The molecule has 0 aliphatic carbocycles. The number of amides is 2. The van der Waals surface area contributed by atoms with Gasteiger partial charge in [-0.25, -0.2) is 9.50 Å². The van der Waals surface area contributed by atoms with E-state index in [-0.39, 0.29) is 17.7 Å². The number of hydrogen-bond donors (Lipinski definition) is 0. The summed E-state index contributed by atoms with van der Waals surface area (Å²) < 4.78 is 6.84. The SMILES string of the molecule is COCCN1CC(C(=O)N2CCN(c3ccc4nccn4n3)CC2)CCC1=O. The number of aromatic nitrogens is 3. The van der Waals surface area contributed by atoms with E-state index in [0.29, 0.717) is 45.6 Å². The Labute approximate surface area is 163 Å². The van der Waals surface area contributed by atoms with E-state index < -0.39 is 0 Å². The van der Waals surface area contributed by atoms with Crippen LogP contribution in [0.5, 0.6) is 0 Å². The van der Waals surface area contributed by atoms with E-state index in [2.05, 4.69) is 15.0 Å². The molecule has 4 rings (SSSR count). The number of ether oxygens (including phenoxy) is 1. The minimum atomic E-state index is -0.110. The summed E-state index contributed by atoms with van der Waals surface area (Å²) in [5.41, 5.74) is 0.822. The van der Waals surface area contributed by atoms with Crippen molar-refractivity contribution in [3.8, 4) is 0 Å². The predicted octanol–water partition coefficient (Wildman–Crippen LogP) is 0.263. The Hall–Kier alpha value is -2.68. The summed E-state index contributed by atoms with van der Waals surface area (Å²) in [7, 11) is 1.62. The molecule has 2 fully saturated rings. The highest BCUT2D eigenvalue weighted by molar-refractivity contribution is 5.84. The predicted molar refractivity (Wildman–Crippen MR) is 103 cm³/mol. The highest BCUT2D eigenvalue weighted by Crippen LogP contribution is 2.21. The van der Waals surface area contributed by atoms with Crippen LogP contribution in [0.2, 0.25) is 0 Å². The van der Waals surface area contributed by atoms with E-state index in [4.69, 9.17) is 4.74 Å². The molecule has 0 radical (unpaired) electrons. The molecule has 2 aromatic heterocycles. The standard InChI is InChI=1S/C19H26N6O3/c1-28-13-12-24-14-15(2-5-18(24)26)19(27)23-10-8-22(9-11-23)17-4-3-16-20-6-7-25(16)21-17/h3-4,6-7,15H,2,5,8-14H2,1H3. The lowest BCUT2D eigenvalue weighted by atomic mass is 9.95. The van der Waals surface area contributed by atoms with Crippen molar-refractivity contribution in [2.45, 2.75) is 12.8 Å². The molecule has 0 saturated carbocycles. The molecule has 28 heavy (non-hydrogen) atoms. The zero-order valence-electron chi connectivity index (χ0n) is 16.2. The van der Waals surface area contributed by atoms with Crippen LogP contribution in [0, 0.1) is 5.92 Å². The molecule has 0 spiro atoms. The van der Waals surface area contributed by atoms with Crippen molar-refractivity contribution in [3.05, 3.63) is 24.5 Å². The van der Waals surface area contributed by atoms with Crippen molar-refractivity contribution >= 4 is 23.3 Å². The molecule has 150 valence electrons. The molecule has 2 aromatic rings. The summed E-state index contributed by atoms with van der Waals surface area (Å²) in [6.45, 7) is 4.39. The number of piperazine rings is 1. The van der Waals surface area contributed by atoms with Gasteiger partial charge in [-0.2, -0.15) is 0 Å². The van der Waals surface area contributed by atoms with Gasteiger partial charge in [-0.15, -0.1) is 5.10 Å². The topological polar surface area (TPSA) is 83.3 Å². The third-order valence-corrected chi connectivity index (χ3v) is 5.57. The fourth-order valence-electron chi connectivity index (χ4n) is 3.92. The zero-order valence-corrected chi connectivity index (χ0v) is 16.2. The van der Waals surface area contributed by atoms with Crippen LogP contribution < -0.4 is 4.90 Å². The van der Waals surface area contributed by atoms with E-state index >= 15 is 0 Å². The summed E-state index contributed by atoms with van der Waals surface area (Å²) in [5, 5.41) is 4.59. The molecule has 9 heteroatoms. The second-order valence-electron chi connectivity index (χ2n) is 7.30. The number of rotatable bonds is 5. The van der Waals surface area contributed by atoms with Crippen LogP contribution in [0.3, 0.4) is 0 Å². The second-order valence-corrected chi connectivity index (χ2v) is 7.30. The highest BCUT2D eigenvalue weighted by Gasteiger charge is 2.33. The first kappa shape index (κ1) is 18.7. The average Bonchev–Trinajstić information content (AvgIpc) is 3.20. The van der Waals surface area contributed by atoms with Gasteiger partial charge in [-0.05, 0) is 18.6 Å². The van der Waals surface area contributed by atoms with Crippen molar-refractivity contribution in [1.29, 1.82) is 0 Å². The van der Waals surface area contributed by atoms with Crippen LogP contribution in [0.15, 0.2) is 24.5 Å². The fourth-order valence-corrected chi connectivity index (χ4v) is 3.92. The Balaban J connectivity index is 1.34. The zero-order chi connectivity index (χ0) is 19.5. The number of likely N-dealkylation sites (tertiary alicyclic amines) is 1. The third-order valence-electron chi connectivity index (χ3n) is 5.57. The summed E-state index contributed by atoms with van der Waals surface area (Å²) in [4.78, 5) is 35.1. The van der Waals surface area contributed by atoms with Gasteiger partial charge in [0.05, 0.1) is 12.5 Å². The lowest BCUT2D eigenvalue weighted by Crippen LogP contribution is -2.53. The lowest BCUT2D eigenvalue weighted by molar-refractivity contribution is -0.143. The van der Waals surface area contributed by atoms with Crippen LogP contribution in [-0.2, 0) is 14.3 Å². The van der Waals surface area contributed by atoms with Gasteiger partial charge >= 0.3 is 0 Å². The molecule has 2 aliphatic rings. The van der Waals surface area contributed by atoms with Crippen LogP contribution in [0.4, 0.5) is 5.82 Å². The van der Waals surface area contributed by atoms with Gasteiger partial charge in [0, 0.05) is 65.2 Å². The number of nitrogens with zero attached hydrogens (tertiary/aromatic N) is 6. The Morgan fingerprint density at radius 1 is 1.25 bits per heavy atom. The summed E-state index contributed by atoms with van der Waals surface area (Å²) in [6.07, 6.45) is 4.64. The molecule has 1 atom stereocenters. The quantitative estimate of drug-likeness (QED) is 0.733. The molecule has 0 aromatic carbocycles. The first-order chi connectivity index (χ1) is 13.7. The molecule has 2 saturated heterocycles. The third kappa shape index (κ3) is 3.80. The molecule has 2 aliphatic heterocycles. The van der Waals surface area contributed by atoms with Crippen LogP contribution in [0.1, 0.15) is 12.8 Å². The molecule has 9 nitrogen and oxygen atoms in total. The molecule has 1 unspecified atom stereocenters. The molecule has 0 N–H and O–H groups in total. The van der Waals surface area contributed by atoms with Gasteiger partial charge in [0.25, 0.3) is 0 Å². The first-order valence-corrected chi connectivity index (χ1v) is 9.76. The van der Waals surface area contributed by atoms with E-state index in [1.54, 1.807) is 22.7 Å². The number of methoxy groups -OCH3 is 1. The maximum atomic E-state index is 13.0. The van der Waals surface area contributed by atoms with E-state index in [0.717, 1.165) is 24.6 Å². The van der Waals surface area contributed by atoms with Crippen molar-refractivity contribution in [2.75, 3.05) is 57.9 Å². The second kappa shape index (κ2) is 8.14. The van der Waals surface area contributed by atoms with Crippen molar-refractivity contribution < 1.29 is 14.3 Å². The van der Waals surface area contributed by atoms with Crippen LogP contribution in [0.25, 0.3) is 5.65 Å². The monoisotopic (exact) mass is 386 g/mol. The van der Waals surface area contributed by atoms with Crippen molar-refractivity contribution in [2.24, 2.45) is 5.92 Å². The fraction of sp³-hybridized carbons (Fsp3) is 0.579. The number of hydrogen-bond acceptors (Lipinski definition) is 6. The van der Waals surface area contributed by atoms with Crippen LogP contribution >= 0.6 is 0 Å². The molecular formula is C19H26N6O3. The maximum Gasteiger partial charge on any atom is 0.227 e. The number of fused-ring (bicyclic) bond motifs is 1. The Kier molecular flexibility index (Phi) is 5.43. The van der Waals surface area contributed by atoms with E-state index in [1.807, 2.05) is 23.2 Å². The molecule has 2 amide bonds. The highest BCUT2D eigenvalue weighted by atomic mass is 16.5. The van der Waals surface area contributed by atoms with Crippen molar-refractivity contribution in [1.82, 2.24) is 24.4 Å². The number of imidazole rings is 1. The van der Waals surface area contributed by atoms with E-state index in [9.17, 15) is 9.59 Å². The van der Waals surface area contributed by atoms with Gasteiger partial charge in [-0.1, -0.05) is 0 Å².